The molecule has 0 radical (unpaired) electrons. The highest BCUT2D eigenvalue weighted by Gasteiger charge is 2.44. The molecule has 1 amide bonds. The van der Waals surface area contributed by atoms with Gasteiger partial charge in [0.15, 0.2) is 0 Å². The van der Waals surface area contributed by atoms with E-state index in [1.165, 1.54) is 17.7 Å². The van der Waals surface area contributed by atoms with Crippen molar-refractivity contribution < 1.29 is 13.9 Å². The molecule has 2 aromatic rings. The lowest BCUT2D eigenvalue weighted by Gasteiger charge is -2.17. The van der Waals surface area contributed by atoms with Crippen molar-refractivity contribution in [3.05, 3.63) is 65.5 Å². The summed E-state index contributed by atoms with van der Waals surface area (Å²) >= 11 is 0. The average molecular weight is 299 g/mol. The Labute approximate surface area is 129 Å². The van der Waals surface area contributed by atoms with Crippen molar-refractivity contribution in [3.8, 4) is 5.75 Å². The SMILES string of the molecule is COc1ccc(C2(CNC(=O)c3cccc(F)c3)CC2)cc1. The zero-order valence-corrected chi connectivity index (χ0v) is 12.4. The number of benzene rings is 2. The third-order valence-corrected chi connectivity index (χ3v) is 4.23. The molecule has 2 aromatic carbocycles. The maximum absolute atomic E-state index is 13.2. The average Bonchev–Trinajstić information content (AvgIpc) is 3.34. The van der Waals surface area contributed by atoms with Gasteiger partial charge in [-0.15, -0.1) is 0 Å². The number of amides is 1. The fraction of sp³-hybridized carbons (Fsp3) is 0.278. The molecule has 114 valence electrons. The molecule has 3 rings (SSSR count). The molecule has 1 fully saturated rings. The topological polar surface area (TPSA) is 38.3 Å². The van der Waals surface area contributed by atoms with Gasteiger partial charge in [-0.3, -0.25) is 4.79 Å². The summed E-state index contributed by atoms with van der Waals surface area (Å²) in [6.07, 6.45) is 2.09. The summed E-state index contributed by atoms with van der Waals surface area (Å²) in [7, 11) is 1.64. The van der Waals surface area contributed by atoms with Crippen molar-refractivity contribution in [1.29, 1.82) is 0 Å². The van der Waals surface area contributed by atoms with Gasteiger partial charge in [-0.25, -0.2) is 4.39 Å². The highest BCUT2D eigenvalue weighted by molar-refractivity contribution is 5.94. The molecule has 0 saturated heterocycles. The zero-order chi connectivity index (χ0) is 15.6. The molecule has 0 aromatic heterocycles. The highest BCUT2D eigenvalue weighted by atomic mass is 19.1. The van der Waals surface area contributed by atoms with Crippen LogP contribution >= 0.6 is 0 Å². The molecule has 0 heterocycles. The van der Waals surface area contributed by atoms with Crippen molar-refractivity contribution in [1.82, 2.24) is 5.32 Å². The van der Waals surface area contributed by atoms with Gasteiger partial charge in [0.05, 0.1) is 7.11 Å². The molecule has 1 N–H and O–H groups in total. The van der Waals surface area contributed by atoms with Crippen molar-refractivity contribution in [2.24, 2.45) is 0 Å². The molecular weight excluding hydrogens is 281 g/mol. The predicted molar refractivity (Wildman–Crippen MR) is 82.6 cm³/mol. The van der Waals surface area contributed by atoms with E-state index < -0.39 is 5.82 Å². The van der Waals surface area contributed by atoms with Crippen molar-refractivity contribution in [3.63, 3.8) is 0 Å². The molecule has 0 bridgehead atoms. The molecule has 3 nitrogen and oxygen atoms in total. The van der Waals surface area contributed by atoms with E-state index in [9.17, 15) is 9.18 Å². The van der Waals surface area contributed by atoms with Gasteiger partial charge in [-0.05, 0) is 48.7 Å². The Morgan fingerprint density at radius 2 is 1.95 bits per heavy atom. The normalized spacial score (nSPS) is 15.2. The van der Waals surface area contributed by atoms with Gasteiger partial charge >= 0.3 is 0 Å². The summed E-state index contributed by atoms with van der Waals surface area (Å²) in [5.74, 6) is 0.187. The highest BCUT2D eigenvalue weighted by Crippen LogP contribution is 2.47. The number of carbonyl (C=O) groups is 1. The second-order valence-electron chi connectivity index (χ2n) is 5.70. The third-order valence-electron chi connectivity index (χ3n) is 4.23. The molecular formula is C18H18FNO2. The summed E-state index contributed by atoms with van der Waals surface area (Å²) in [6.45, 7) is 0.564. The van der Waals surface area contributed by atoms with E-state index >= 15 is 0 Å². The van der Waals surface area contributed by atoms with E-state index in [-0.39, 0.29) is 11.3 Å². The van der Waals surface area contributed by atoms with E-state index in [2.05, 4.69) is 5.32 Å². The fourth-order valence-corrected chi connectivity index (χ4v) is 2.64. The summed E-state index contributed by atoms with van der Waals surface area (Å²) in [5, 5.41) is 2.92. The molecule has 0 aliphatic heterocycles. The van der Waals surface area contributed by atoms with Gasteiger partial charge in [0.25, 0.3) is 5.91 Å². The summed E-state index contributed by atoms with van der Waals surface area (Å²) in [4.78, 5) is 12.1. The van der Waals surface area contributed by atoms with Crippen LogP contribution in [0, 0.1) is 5.82 Å². The first kappa shape index (κ1) is 14.6. The Morgan fingerprint density at radius 1 is 1.23 bits per heavy atom. The molecule has 22 heavy (non-hydrogen) atoms. The van der Waals surface area contributed by atoms with Crippen LogP contribution in [-0.4, -0.2) is 19.6 Å². The predicted octanol–water partition coefficient (Wildman–Crippen LogP) is 3.30. The minimum atomic E-state index is -0.399. The first-order valence-electron chi connectivity index (χ1n) is 7.31. The third kappa shape index (κ3) is 2.96. The van der Waals surface area contributed by atoms with Crippen molar-refractivity contribution in [2.45, 2.75) is 18.3 Å². The maximum atomic E-state index is 13.2. The molecule has 1 saturated carbocycles. The Hall–Kier alpha value is -2.36. The van der Waals surface area contributed by atoms with Crippen LogP contribution in [0.2, 0.25) is 0 Å². The summed E-state index contributed by atoms with van der Waals surface area (Å²) in [5.41, 5.74) is 1.56. The second-order valence-corrected chi connectivity index (χ2v) is 5.70. The number of nitrogens with one attached hydrogen (secondary N) is 1. The number of ether oxygens (including phenoxy) is 1. The Kier molecular flexibility index (Phi) is 3.84. The van der Waals surface area contributed by atoms with Crippen LogP contribution < -0.4 is 10.1 Å². The van der Waals surface area contributed by atoms with Crippen LogP contribution in [0.15, 0.2) is 48.5 Å². The van der Waals surface area contributed by atoms with E-state index in [0.717, 1.165) is 18.6 Å². The van der Waals surface area contributed by atoms with Gasteiger partial charge in [-0.1, -0.05) is 18.2 Å². The quantitative estimate of drug-likeness (QED) is 0.920. The second kappa shape index (κ2) is 5.79. The Bertz CT molecular complexity index is 678. The van der Waals surface area contributed by atoms with Crippen LogP contribution in [0.25, 0.3) is 0 Å². The van der Waals surface area contributed by atoms with E-state index in [1.54, 1.807) is 19.2 Å². The van der Waals surface area contributed by atoms with Crippen LogP contribution in [-0.2, 0) is 5.41 Å². The molecule has 1 aliphatic rings. The van der Waals surface area contributed by atoms with Crippen LogP contribution in [0.5, 0.6) is 5.75 Å². The standard InChI is InChI=1S/C18H18FNO2/c1-22-16-7-5-14(6-8-16)18(9-10-18)12-20-17(21)13-3-2-4-15(19)11-13/h2-8,11H,9-10,12H2,1H3,(H,20,21). The minimum Gasteiger partial charge on any atom is -0.497 e. The number of methoxy groups -OCH3 is 1. The van der Waals surface area contributed by atoms with Gasteiger partial charge < -0.3 is 10.1 Å². The van der Waals surface area contributed by atoms with Gasteiger partial charge in [0, 0.05) is 17.5 Å². The zero-order valence-electron chi connectivity index (χ0n) is 12.4. The lowest BCUT2D eigenvalue weighted by atomic mass is 9.95. The lowest BCUT2D eigenvalue weighted by molar-refractivity contribution is 0.0949. The van der Waals surface area contributed by atoms with Crippen molar-refractivity contribution >= 4 is 5.91 Å². The minimum absolute atomic E-state index is 0.00918. The number of hydrogen-bond donors (Lipinski definition) is 1. The number of hydrogen-bond acceptors (Lipinski definition) is 2. The molecule has 0 spiro atoms. The largest absolute Gasteiger partial charge is 0.497 e. The number of carbonyl (C=O) groups excluding carboxylic acids is 1. The number of rotatable bonds is 5. The van der Waals surface area contributed by atoms with Crippen LogP contribution in [0.1, 0.15) is 28.8 Å². The molecule has 1 aliphatic carbocycles. The molecule has 0 atom stereocenters. The lowest BCUT2D eigenvalue weighted by Crippen LogP contribution is -2.32. The first-order chi connectivity index (χ1) is 10.6. The van der Waals surface area contributed by atoms with E-state index in [4.69, 9.17) is 4.74 Å². The smallest absolute Gasteiger partial charge is 0.251 e. The Morgan fingerprint density at radius 3 is 2.55 bits per heavy atom. The summed E-state index contributed by atoms with van der Waals surface area (Å²) in [6, 6.07) is 13.7. The van der Waals surface area contributed by atoms with Gasteiger partial charge in [0.1, 0.15) is 11.6 Å². The van der Waals surface area contributed by atoms with E-state index in [1.807, 2.05) is 24.3 Å². The molecule has 0 unspecified atom stereocenters. The van der Waals surface area contributed by atoms with Gasteiger partial charge in [-0.2, -0.15) is 0 Å². The van der Waals surface area contributed by atoms with E-state index in [0.29, 0.717) is 12.1 Å². The number of halogens is 1. The van der Waals surface area contributed by atoms with Crippen molar-refractivity contribution in [2.75, 3.05) is 13.7 Å². The summed E-state index contributed by atoms with van der Waals surface area (Å²) < 4.78 is 18.3. The monoisotopic (exact) mass is 299 g/mol. The molecule has 4 heteroatoms. The van der Waals surface area contributed by atoms with Gasteiger partial charge in [0.2, 0.25) is 0 Å². The van der Waals surface area contributed by atoms with Crippen LogP contribution in [0.3, 0.4) is 0 Å². The Balaban J connectivity index is 1.66. The maximum Gasteiger partial charge on any atom is 0.251 e. The first-order valence-corrected chi connectivity index (χ1v) is 7.31. The van der Waals surface area contributed by atoms with Crippen LogP contribution in [0.4, 0.5) is 4.39 Å². The fourth-order valence-electron chi connectivity index (χ4n) is 2.64.